The lowest BCUT2D eigenvalue weighted by Crippen LogP contribution is -2.66. The van der Waals surface area contributed by atoms with Gasteiger partial charge < -0.3 is 10.6 Å². The first kappa shape index (κ1) is 6.01. The first-order chi connectivity index (χ1) is 4.75. The van der Waals surface area contributed by atoms with Crippen molar-refractivity contribution in [3.8, 4) is 0 Å². The Morgan fingerprint density at radius 1 is 1.40 bits per heavy atom. The molecule has 0 radical (unpaired) electrons. The van der Waals surface area contributed by atoms with Crippen LogP contribution in [0.2, 0.25) is 0 Å². The highest BCUT2D eigenvalue weighted by Gasteiger charge is 2.50. The lowest BCUT2D eigenvalue weighted by Gasteiger charge is -2.57. The van der Waals surface area contributed by atoms with Crippen LogP contribution in [0.15, 0.2) is 0 Å². The second-order valence-electron chi connectivity index (χ2n) is 3.32. The maximum absolute atomic E-state index is 10.7. The number of primary amides is 1. The van der Waals surface area contributed by atoms with E-state index >= 15 is 0 Å². The van der Waals surface area contributed by atoms with Crippen molar-refractivity contribution in [2.45, 2.75) is 31.2 Å². The van der Waals surface area contributed by atoms with Crippen LogP contribution in [0.1, 0.15) is 25.7 Å². The molecule has 1 aliphatic carbocycles. The summed E-state index contributed by atoms with van der Waals surface area (Å²) in [5.41, 5.74) is 5.41. The molecule has 56 valence electrons. The lowest BCUT2D eigenvalue weighted by atomic mass is 9.68. The molecule has 2 fully saturated rings. The van der Waals surface area contributed by atoms with E-state index in [1.165, 1.54) is 25.7 Å². The summed E-state index contributed by atoms with van der Waals surface area (Å²) >= 11 is 0. The van der Waals surface area contributed by atoms with Crippen molar-refractivity contribution in [2.24, 2.45) is 5.73 Å². The number of carbonyl (C=O) groups excluding carboxylic acids is 1. The van der Waals surface area contributed by atoms with Crippen molar-refractivity contribution in [2.75, 3.05) is 6.54 Å². The van der Waals surface area contributed by atoms with Crippen LogP contribution in [0.4, 0.5) is 4.79 Å². The van der Waals surface area contributed by atoms with Crippen molar-refractivity contribution in [1.82, 2.24) is 4.90 Å². The van der Waals surface area contributed by atoms with Gasteiger partial charge in [-0.15, -0.1) is 0 Å². The molecule has 2 aliphatic rings. The standard InChI is InChI=1S/C7H12N2O/c8-6(10)9-5-4-7(9)2-1-3-7/h1-5H2,(H2,8,10). The van der Waals surface area contributed by atoms with E-state index in [2.05, 4.69) is 0 Å². The van der Waals surface area contributed by atoms with Gasteiger partial charge in [0.05, 0.1) is 0 Å². The van der Waals surface area contributed by atoms with Gasteiger partial charge in [0.1, 0.15) is 0 Å². The highest BCUT2D eigenvalue weighted by Crippen LogP contribution is 2.46. The molecule has 0 aromatic rings. The fraction of sp³-hybridized carbons (Fsp3) is 0.857. The molecule has 1 saturated heterocycles. The summed E-state index contributed by atoms with van der Waals surface area (Å²) in [5.74, 6) is 0. The molecule has 1 aliphatic heterocycles. The Labute approximate surface area is 60.2 Å². The SMILES string of the molecule is NC(=O)N1CCC12CCC2. The van der Waals surface area contributed by atoms with Gasteiger partial charge in [-0.05, 0) is 25.7 Å². The number of nitrogens with zero attached hydrogens (tertiary/aromatic N) is 1. The summed E-state index contributed by atoms with van der Waals surface area (Å²) in [6.07, 6.45) is 4.80. The van der Waals surface area contributed by atoms with Crippen LogP contribution >= 0.6 is 0 Å². The number of amides is 2. The zero-order valence-electron chi connectivity index (χ0n) is 5.97. The van der Waals surface area contributed by atoms with Crippen molar-refractivity contribution in [1.29, 1.82) is 0 Å². The highest BCUT2D eigenvalue weighted by molar-refractivity contribution is 5.74. The van der Waals surface area contributed by atoms with Gasteiger partial charge in [-0.1, -0.05) is 0 Å². The molecule has 1 spiro atoms. The molecule has 1 saturated carbocycles. The molecular formula is C7H12N2O. The molecule has 3 nitrogen and oxygen atoms in total. The largest absolute Gasteiger partial charge is 0.351 e. The Hall–Kier alpha value is -0.730. The molecule has 0 aromatic carbocycles. The third-order valence-electron chi connectivity index (χ3n) is 2.92. The van der Waals surface area contributed by atoms with E-state index in [9.17, 15) is 4.79 Å². The number of hydrogen-bond acceptors (Lipinski definition) is 1. The van der Waals surface area contributed by atoms with Gasteiger partial charge >= 0.3 is 6.03 Å². The quantitative estimate of drug-likeness (QED) is 0.528. The predicted molar refractivity (Wildman–Crippen MR) is 37.5 cm³/mol. The van der Waals surface area contributed by atoms with Crippen LogP contribution < -0.4 is 5.73 Å². The van der Waals surface area contributed by atoms with Crippen LogP contribution in [0.3, 0.4) is 0 Å². The first-order valence-electron chi connectivity index (χ1n) is 3.82. The molecule has 0 aromatic heterocycles. The van der Waals surface area contributed by atoms with Crippen molar-refractivity contribution in [3.05, 3.63) is 0 Å². The Balaban J connectivity index is 2.05. The van der Waals surface area contributed by atoms with Gasteiger partial charge in [0, 0.05) is 12.1 Å². The summed E-state index contributed by atoms with van der Waals surface area (Å²) in [6.45, 7) is 0.884. The smallest absolute Gasteiger partial charge is 0.315 e. The zero-order chi connectivity index (χ0) is 7.19. The topological polar surface area (TPSA) is 46.3 Å². The maximum Gasteiger partial charge on any atom is 0.315 e. The summed E-state index contributed by atoms with van der Waals surface area (Å²) in [7, 11) is 0. The van der Waals surface area contributed by atoms with Crippen LogP contribution in [-0.4, -0.2) is 23.0 Å². The summed E-state index contributed by atoms with van der Waals surface area (Å²) in [5, 5.41) is 0. The minimum Gasteiger partial charge on any atom is -0.351 e. The molecular weight excluding hydrogens is 128 g/mol. The van der Waals surface area contributed by atoms with Gasteiger partial charge in [0.15, 0.2) is 0 Å². The average molecular weight is 140 g/mol. The summed E-state index contributed by atoms with van der Waals surface area (Å²) in [6, 6.07) is -0.231. The molecule has 10 heavy (non-hydrogen) atoms. The molecule has 1 heterocycles. The van der Waals surface area contributed by atoms with E-state index in [1.807, 2.05) is 4.90 Å². The Bertz CT molecular complexity index is 169. The number of hydrogen-bond donors (Lipinski definition) is 1. The van der Waals surface area contributed by atoms with Gasteiger partial charge in [-0.3, -0.25) is 0 Å². The third-order valence-corrected chi connectivity index (χ3v) is 2.92. The fourth-order valence-corrected chi connectivity index (χ4v) is 1.99. The second kappa shape index (κ2) is 1.65. The van der Waals surface area contributed by atoms with Crippen molar-refractivity contribution in [3.63, 3.8) is 0 Å². The zero-order valence-corrected chi connectivity index (χ0v) is 5.97. The van der Waals surface area contributed by atoms with Crippen LogP contribution in [0, 0.1) is 0 Å². The number of carbonyl (C=O) groups is 1. The van der Waals surface area contributed by atoms with Crippen LogP contribution in [0.25, 0.3) is 0 Å². The van der Waals surface area contributed by atoms with Gasteiger partial charge in [-0.2, -0.15) is 0 Å². The molecule has 3 heteroatoms. The van der Waals surface area contributed by atoms with Crippen molar-refractivity contribution >= 4 is 6.03 Å². The molecule has 0 unspecified atom stereocenters. The Morgan fingerprint density at radius 3 is 2.20 bits per heavy atom. The van der Waals surface area contributed by atoms with Gasteiger partial charge in [0.2, 0.25) is 0 Å². The molecule has 2 N–H and O–H groups in total. The number of rotatable bonds is 0. The minimum atomic E-state index is -0.231. The monoisotopic (exact) mass is 140 g/mol. The van der Waals surface area contributed by atoms with Crippen LogP contribution in [0.5, 0.6) is 0 Å². The first-order valence-corrected chi connectivity index (χ1v) is 3.82. The fourth-order valence-electron chi connectivity index (χ4n) is 1.99. The molecule has 2 rings (SSSR count). The molecule has 0 bridgehead atoms. The maximum atomic E-state index is 10.7. The van der Waals surface area contributed by atoms with Crippen LogP contribution in [-0.2, 0) is 0 Å². The lowest BCUT2D eigenvalue weighted by molar-refractivity contribution is -0.0334. The Kier molecular flexibility index (Phi) is 0.993. The Morgan fingerprint density at radius 2 is 2.10 bits per heavy atom. The molecule has 2 amide bonds. The summed E-state index contributed by atoms with van der Waals surface area (Å²) < 4.78 is 0. The van der Waals surface area contributed by atoms with E-state index < -0.39 is 0 Å². The normalized spacial score (nSPS) is 27.4. The molecule has 0 atom stereocenters. The van der Waals surface area contributed by atoms with Gasteiger partial charge in [-0.25, -0.2) is 4.79 Å². The predicted octanol–water partition coefficient (Wildman–Crippen LogP) is 0.694. The highest BCUT2D eigenvalue weighted by atomic mass is 16.2. The third kappa shape index (κ3) is 0.528. The number of nitrogens with two attached hydrogens (primary N) is 1. The van der Waals surface area contributed by atoms with E-state index in [-0.39, 0.29) is 11.6 Å². The summed E-state index contributed by atoms with van der Waals surface area (Å²) in [4.78, 5) is 12.6. The van der Waals surface area contributed by atoms with E-state index in [0.717, 1.165) is 6.54 Å². The van der Waals surface area contributed by atoms with E-state index in [4.69, 9.17) is 5.73 Å². The average Bonchev–Trinajstić information content (AvgIpc) is 1.53. The van der Waals surface area contributed by atoms with E-state index in [1.54, 1.807) is 0 Å². The minimum absolute atomic E-state index is 0.231. The number of urea groups is 1. The van der Waals surface area contributed by atoms with Crippen molar-refractivity contribution < 1.29 is 4.79 Å². The van der Waals surface area contributed by atoms with E-state index in [0.29, 0.717) is 0 Å². The van der Waals surface area contributed by atoms with Gasteiger partial charge in [0.25, 0.3) is 0 Å². The second-order valence-corrected chi connectivity index (χ2v) is 3.32. The number of likely N-dealkylation sites (tertiary alicyclic amines) is 1.